The monoisotopic (exact) mass is 245 g/mol. The molecular weight excluding hydrogens is 218 g/mol. The van der Waals surface area contributed by atoms with Gasteiger partial charge in [-0.05, 0) is 44.9 Å². The summed E-state index contributed by atoms with van der Waals surface area (Å²) < 4.78 is 6.06. The van der Waals surface area contributed by atoms with Gasteiger partial charge in [0.05, 0.1) is 6.10 Å². The Balaban J connectivity index is 2.12. The molecule has 1 aliphatic rings. The second-order valence-electron chi connectivity index (χ2n) is 4.69. The van der Waals surface area contributed by atoms with Gasteiger partial charge in [0.1, 0.15) is 0 Å². The molecule has 1 unspecified atom stereocenters. The summed E-state index contributed by atoms with van der Waals surface area (Å²) in [6.45, 7) is 7.80. The molecule has 0 aromatic carbocycles. The van der Waals surface area contributed by atoms with Crippen LogP contribution >= 0.6 is 11.8 Å². The molecule has 3 heteroatoms. The van der Waals surface area contributed by atoms with Crippen molar-refractivity contribution in [1.82, 2.24) is 5.32 Å². The molecule has 2 nitrogen and oxygen atoms in total. The van der Waals surface area contributed by atoms with Crippen LogP contribution in [0.1, 0.15) is 46.0 Å². The lowest BCUT2D eigenvalue weighted by atomic mass is 10.0. The minimum Gasteiger partial charge on any atom is -0.378 e. The Labute approximate surface area is 105 Å². The fourth-order valence-corrected chi connectivity index (χ4v) is 3.14. The molecule has 1 atom stereocenters. The van der Waals surface area contributed by atoms with Crippen molar-refractivity contribution in [3.8, 4) is 0 Å². The van der Waals surface area contributed by atoms with Crippen LogP contribution in [0.5, 0.6) is 0 Å². The zero-order valence-corrected chi connectivity index (χ0v) is 11.9. The molecule has 0 aromatic rings. The second kappa shape index (κ2) is 7.57. The van der Waals surface area contributed by atoms with Crippen molar-refractivity contribution in [2.45, 2.75) is 56.8 Å². The standard InChI is InChI=1S/C13H27NOS/c1-4-13(5-2,16-3)11-14-9-8-12-7-6-10-15-12/h12,14H,4-11H2,1-3H3. The first-order valence-electron chi connectivity index (χ1n) is 6.64. The summed E-state index contributed by atoms with van der Waals surface area (Å²) in [7, 11) is 0. The van der Waals surface area contributed by atoms with Crippen LogP contribution in [-0.2, 0) is 4.74 Å². The van der Waals surface area contributed by atoms with Crippen molar-refractivity contribution < 1.29 is 4.74 Å². The SMILES string of the molecule is CCC(CC)(CNCCC1CCCO1)SC. The average molecular weight is 245 g/mol. The largest absolute Gasteiger partial charge is 0.378 e. The maximum Gasteiger partial charge on any atom is 0.0588 e. The van der Waals surface area contributed by atoms with Crippen LogP contribution in [0.25, 0.3) is 0 Å². The normalized spacial score (nSPS) is 21.6. The predicted molar refractivity (Wildman–Crippen MR) is 73.3 cm³/mol. The van der Waals surface area contributed by atoms with E-state index in [1.54, 1.807) is 0 Å². The lowest BCUT2D eigenvalue weighted by Gasteiger charge is -2.30. The third kappa shape index (κ3) is 4.27. The first-order valence-corrected chi connectivity index (χ1v) is 7.86. The molecule has 1 aliphatic heterocycles. The quantitative estimate of drug-likeness (QED) is 0.664. The van der Waals surface area contributed by atoms with Crippen LogP contribution < -0.4 is 5.32 Å². The fourth-order valence-electron chi connectivity index (χ4n) is 2.31. The Morgan fingerprint density at radius 3 is 2.62 bits per heavy atom. The van der Waals surface area contributed by atoms with Gasteiger partial charge < -0.3 is 10.1 Å². The van der Waals surface area contributed by atoms with E-state index < -0.39 is 0 Å². The van der Waals surface area contributed by atoms with Gasteiger partial charge >= 0.3 is 0 Å². The van der Waals surface area contributed by atoms with E-state index in [1.807, 2.05) is 11.8 Å². The summed E-state index contributed by atoms with van der Waals surface area (Å²) in [5.74, 6) is 0. The molecule has 96 valence electrons. The predicted octanol–water partition coefficient (Wildman–Crippen LogP) is 3.07. The average Bonchev–Trinajstić information content (AvgIpc) is 2.83. The van der Waals surface area contributed by atoms with E-state index in [0.29, 0.717) is 10.9 Å². The van der Waals surface area contributed by atoms with Gasteiger partial charge in [-0.1, -0.05) is 13.8 Å². The molecule has 0 saturated carbocycles. The number of nitrogens with one attached hydrogen (secondary N) is 1. The highest BCUT2D eigenvalue weighted by Crippen LogP contribution is 2.29. The van der Waals surface area contributed by atoms with Gasteiger partial charge in [0.2, 0.25) is 0 Å². The highest BCUT2D eigenvalue weighted by molar-refractivity contribution is 8.00. The van der Waals surface area contributed by atoms with Crippen LogP contribution in [0.2, 0.25) is 0 Å². The number of hydrogen-bond donors (Lipinski definition) is 1. The van der Waals surface area contributed by atoms with Crippen LogP contribution in [0.15, 0.2) is 0 Å². The van der Waals surface area contributed by atoms with Crippen LogP contribution in [0, 0.1) is 0 Å². The zero-order chi connectivity index (χ0) is 11.9. The van der Waals surface area contributed by atoms with E-state index in [1.165, 1.54) is 32.1 Å². The fraction of sp³-hybridized carbons (Fsp3) is 1.00. The topological polar surface area (TPSA) is 21.3 Å². The molecule has 1 rings (SSSR count). The van der Waals surface area contributed by atoms with Gasteiger partial charge in [-0.2, -0.15) is 11.8 Å². The van der Waals surface area contributed by atoms with Gasteiger partial charge in [0, 0.05) is 17.9 Å². The van der Waals surface area contributed by atoms with Crippen molar-refractivity contribution >= 4 is 11.8 Å². The molecule has 0 amide bonds. The van der Waals surface area contributed by atoms with Crippen LogP contribution in [0.4, 0.5) is 0 Å². The van der Waals surface area contributed by atoms with Gasteiger partial charge in [-0.15, -0.1) is 0 Å². The van der Waals surface area contributed by atoms with Crippen molar-refractivity contribution in [3.05, 3.63) is 0 Å². The number of thioether (sulfide) groups is 1. The summed E-state index contributed by atoms with van der Waals surface area (Å²) >= 11 is 2.01. The number of ether oxygens (including phenoxy) is 1. The second-order valence-corrected chi connectivity index (χ2v) is 5.97. The summed E-state index contributed by atoms with van der Waals surface area (Å²) in [6.07, 6.45) is 8.95. The Morgan fingerprint density at radius 1 is 1.38 bits per heavy atom. The van der Waals surface area contributed by atoms with E-state index in [9.17, 15) is 0 Å². The highest BCUT2D eigenvalue weighted by Gasteiger charge is 2.24. The van der Waals surface area contributed by atoms with Crippen molar-refractivity contribution in [2.24, 2.45) is 0 Å². The van der Waals surface area contributed by atoms with E-state index in [2.05, 4.69) is 25.4 Å². The molecular formula is C13H27NOS. The molecule has 1 fully saturated rings. The highest BCUT2D eigenvalue weighted by atomic mass is 32.2. The molecule has 1 N–H and O–H groups in total. The van der Waals surface area contributed by atoms with E-state index >= 15 is 0 Å². The third-order valence-electron chi connectivity index (χ3n) is 3.84. The van der Waals surface area contributed by atoms with Gasteiger partial charge in [0.25, 0.3) is 0 Å². The summed E-state index contributed by atoms with van der Waals surface area (Å²) in [4.78, 5) is 0. The minimum atomic E-state index is 0.441. The first-order chi connectivity index (χ1) is 7.76. The third-order valence-corrected chi connectivity index (χ3v) is 5.42. The zero-order valence-electron chi connectivity index (χ0n) is 11.1. The molecule has 0 aromatic heterocycles. The van der Waals surface area contributed by atoms with E-state index in [-0.39, 0.29) is 0 Å². The lowest BCUT2D eigenvalue weighted by Crippen LogP contribution is -2.37. The van der Waals surface area contributed by atoms with E-state index in [0.717, 1.165) is 19.7 Å². The van der Waals surface area contributed by atoms with E-state index in [4.69, 9.17) is 4.74 Å². The smallest absolute Gasteiger partial charge is 0.0588 e. The maximum absolute atomic E-state index is 5.62. The molecule has 0 radical (unpaired) electrons. The molecule has 1 heterocycles. The first kappa shape index (κ1) is 14.3. The molecule has 16 heavy (non-hydrogen) atoms. The van der Waals surface area contributed by atoms with Crippen LogP contribution in [-0.4, -0.2) is 36.8 Å². The minimum absolute atomic E-state index is 0.441. The molecule has 0 spiro atoms. The number of rotatable bonds is 8. The Hall–Kier alpha value is 0.270. The summed E-state index contributed by atoms with van der Waals surface area (Å²) in [5.41, 5.74) is 0. The van der Waals surface area contributed by atoms with Crippen LogP contribution in [0.3, 0.4) is 0 Å². The van der Waals surface area contributed by atoms with Crippen molar-refractivity contribution in [2.75, 3.05) is 26.0 Å². The Morgan fingerprint density at radius 2 is 2.12 bits per heavy atom. The number of hydrogen-bond acceptors (Lipinski definition) is 3. The Bertz CT molecular complexity index is 169. The molecule has 0 aliphatic carbocycles. The van der Waals surface area contributed by atoms with Gasteiger partial charge in [0.15, 0.2) is 0 Å². The van der Waals surface area contributed by atoms with Gasteiger partial charge in [-0.25, -0.2) is 0 Å². The van der Waals surface area contributed by atoms with Gasteiger partial charge in [-0.3, -0.25) is 0 Å². The molecule has 0 bridgehead atoms. The maximum atomic E-state index is 5.62. The Kier molecular flexibility index (Phi) is 6.78. The lowest BCUT2D eigenvalue weighted by molar-refractivity contribution is 0.104. The van der Waals surface area contributed by atoms with Crippen molar-refractivity contribution in [3.63, 3.8) is 0 Å². The summed E-state index contributed by atoms with van der Waals surface area (Å²) in [5, 5.41) is 3.61. The molecule has 1 saturated heterocycles. The summed E-state index contributed by atoms with van der Waals surface area (Å²) in [6, 6.07) is 0. The van der Waals surface area contributed by atoms with Crippen molar-refractivity contribution in [1.29, 1.82) is 0 Å².